The van der Waals surface area contributed by atoms with E-state index >= 15 is 0 Å². The highest BCUT2D eigenvalue weighted by molar-refractivity contribution is 7.22. The molecule has 2 heterocycles. The first-order chi connectivity index (χ1) is 19.1. The summed E-state index contributed by atoms with van der Waals surface area (Å²) in [7, 11) is 1.55. The number of methoxy groups -OCH3 is 1. The highest BCUT2D eigenvalue weighted by Crippen LogP contribution is 2.32. The predicted octanol–water partition coefficient (Wildman–Crippen LogP) is 6.25. The zero-order chi connectivity index (χ0) is 28.6. The van der Waals surface area contributed by atoms with Crippen LogP contribution in [0.4, 0.5) is 5.13 Å². The van der Waals surface area contributed by atoms with Crippen LogP contribution in [0, 0.1) is 20.8 Å². The second-order valence-electron chi connectivity index (χ2n) is 9.43. The van der Waals surface area contributed by atoms with Gasteiger partial charge in [0.15, 0.2) is 11.7 Å². The van der Waals surface area contributed by atoms with Gasteiger partial charge in [-0.1, -0.05) is 29.0 Å². The van der Waals surface area contributed by atoms with E-state index in [0.717, 1.165) is 21.3 Å². The molecule has 8 nitrogen and oxygen atoms in total. The van der Waals surface area contributed by atoms with Gasteiger partial charge in [0.1, 0.15) is 5.75 Å². The van der Waals surface area contributed by atoms with Crippen molar-refractivity contribution in [2.24, 2.45) is 0 Å². The van der Waals surface area contributed by atoms with Gasteiger partial charge in [0.05, 0.1) is 29.3 Å². The van der Waals surface area contributed by atoms with Gasteiger partial charge < -0.3 is 9.47 Å². The Morgan fingerprint density at radius 3 is 2.50 bits per heavy atom. The largest absolute Gasteiger partial charge is 0.497 e. The lowest BCUT2D eigenvalue weighted by Crippen LogP contribution is -2.21. The van der Waals surface area contributed by atoms with E-state index in [0.29, 0.717) is 43.6 Å². The Balaban J connectivity index is 1.34. The molecule has 2 aromatic heterocycles. The van der Waals surface area contributed by atoms with Gasteiger partial charge in [-0.15, -0.1) is 0 Å². The third kappa shape index (κ3) is 5.43. The van der Waals surface area contributed by atoms with Gasteiger partial charge in [0.25, 0.3) is 11.8 Å². The molecule has 5 aromatic rings. The zero-order valence-corrected chi connectivity index (χ0v) is 23.9. The molecule has 1 N–H and O–H groups in total. The van der Waals surface area contributed by atoms with Crippen molar-refractivity contribution in [3.63, 3.8) is 0 Å². The molecule has 0 unspecified atom stereocenters. The van der Waals surface area contributed by atoms with Gasteiger partial charge in [-0.2, -0.15) is 0 Å². The molecule has 0 saturated heterocycles. The SMILES string of the molecule is COc1ccc2c(c1)c(CC(=O)OCC(=O)Nc1nc3c(C)cc(C)cc3s1)c(C)n2C(=O)c1ccc(Cl)cc1. The molecule has 0 bridgehead atoms. The molecule has 3 aromatic carbocycles. The number of aryl methyl sites for hydroxylation is 2. The normalized spacial score (nSPS) is 11.1. The standard InChI is InChI=1S/C30H26ClN3O5S/c1-16-11-17(2)28-25(12-16)40-30(33-28)32-26(35)15-39-27(36)14-22-18(3)34(24-10-9-21(38-4)13-23(22)24)29(37)19-5-7-20(31)8-6-19/h5-13H,14-15H2,1-4H3,(H,32,33,35). The fourth-order valence-corrected chi connectivity index (χ4v) is 5.90. The van der Waals surface area contributed by atoms with Crippen molar-refractivity contribution in [1.29, 1.82) is 0 Å². The minimum Gasteiger partial charge on any atom is -0.497 e. The summed E-state index contributed by atoms with van der Waals surface area (Å²) < 4.78 is 13.2. The molecule has 0 spiro atoms. The van der Waals surface area contributed by atoms with Crippen LogP contribution in [0.1, 0.15) is 32.7 Å². The van der Waals surface area contributed by atoms with Gasteiger partial charge in [0, 0.05) is 21.7 Å². The summed E-state index contributed by atoms with van der Waals surface area (Å²) in [6.07, 6.45) is -0.136. The van der Waals surface area contributed by atoms with Gasteiger partial charge >= 0.3 is 5.97 Å². The fourth-order valence-electron chi connectivity index (χ4n) is 4.72. The minimum absolute atomic E-state index is 0.136. The van der Waals surface area contributed by atoms with E-state index in [-0.39, 0.29) is 12.3 Å². The summed E-state index contributed by atoms with van der Waals surface area (Å²) in [5.41, 5.74) is 5.25. The van der Waals surface area contributed by atoms with Crippen LogP contribution in [-0.2, 0) is 20.7 Å². The Kier molecular flexibility index (Phi) is 7.60. The Bertz CT molecular complexity index is 1790. The number of halogens is 1. The maximum atomic E-state index is 13.5. The molecule has 0 aliphatic carbocycles. The lowest BCUT2D eigenvalue weighted by Gasteiger charge is -2.08. The number of carbonyl (C=O) groups excluding carboxylic acids is 3. The summed E-state index contributed by atoms with van der Waals surface area (Å²) in [6.45, 7) is 5.29. The molecular formula is C30H26ClN3O5S. The average molecular weight is 576 g/mol. The first kappa shape index (κ1) is 27.4. The van der Waals surface area contributed by atoms with Crippen LogP contribution in [0.25, 0.3) is 21.1 Å². The van der Waals surface area contributed by atoms with Crippen LogP contribution >= 0.6 is 22.9 Å². The van der Waals surface area contributed by atoms with Crippen LogP contribution in [-0.4, -0.2) is 41.1 Å². The molecular weight excluding hydrogens is 550 g/mol. The first-order valence-corrected chi connectivity index (χ1v) is 13.7. The first-order valence-electron chi connectivity index (χ1n) is 12.5. The summed E-state index contributed by atoms with van der Waals surface area (Å²) in [4.78, 5) is 43.4. The molecule has 1 amide bonds. The third-order valence-electron chi connectivity index (χ3n) is 6.60. The predicted molar refractivity (Wildman–Crippen MR) is 157 cm³/mol. The number of ether oxygens (including phenoxy) is 2. The second kappa shape index (κ2) is 11.1. The number of aromatic nitrogens is 2. The molecule has 204 valence electrons. The number of carbonyl (C=O) groups is 3. The summed E-state index contributed by atoms with van der Waals surface area (Å²) >= 11 is 7.36. The number of hydrogen-bond acceptors (Lipinski definition) is 7. The molecule has 0 saturated carbocycles. The van der Waals surface area contributed by atoms with Crippen molar-refractivity contribution >= 4 is 67.0 Å². The van der Waals surface area contributed by atoms with Gasteiger partial charge in [-0.25, -0.2) is 4.98 Å². The van der Waals surface area contributed by atoms with Crippen molar-refractivity contribution in [3.05, 3.63) is 87.6 Å². The average Bonchev–Trinajstić information content (AvgIpc) is 3.45. The van der Waals surface area contributed by atoms with Crippen LogP contribution in [0.3, 0.4) is 0 Å². The third-order valence-corrected chi connectivity index (χ3v) is 7.77. The lowest BCUT2D eigenvalue weighted by atomic mass is 10.1. The van der Waals surface area contributed by atoms with E-state index < -0.39 is 18.5 Å². The summed E-state index contributed by atoms with van der Waals surface area (Å²) in [6, 6.07) is 16.0. The molecule has 0 aliphatic rings. The van der Waals surface area contributed by atoms with E-state index in [1.807, 2.05) is 26.0 Å². The van der Waals surface area contributed by atoms with Crippen LogP contribution in [0.5, 0.6) is 5.75 Å². The molecule has 40 heavy (non-hydrogen) atoms. The van der Waals surface area contributed by atoms with Crippen LogP contribution in [0.2, 0.25) is 5.02 Å². The van der Waals surface area contributed by atoms with Gasteiger partial charge in [-0.3, -0.25) is 24.3 Å². The number of nitrogens with zero attached hydrogens (tertiary/aromatic N) is 2. The summed E-state index contributed by atoms with van der Waals surface area (Å²) in [5.74, 6) is -0.765. The number of esters is 1. The van der Waals surface area contributed by atoms with E-state index in [9.17, 15) is 14.4 Å². The number of rotatable bonds is 7. The number of nitrogens with one attached hydrogen (secondary N) is 1. The minimum atomic E-state index is -0.602. The van der Waals surface area contributed by atoms with Crippen molar-refractivity contribution in [2.75, 3.05) is 19.0 Å². The number of amides is 1. The smallest absolute Gasteiger partial charge is 0.310 e. The quantitative estimate of drug-likeness (QED) is 0.230. The van der Waals surface area contributed by atoms with Crippen molar-refractivity contribution in [1.82, 2.24) is 9.55 Å². The zero-order valence-electron chi connectivity index (χ0n) is 22.3. The van der Waals surface area contributed by atoms with E-state index in [1.165, 1.54) is 11.3 Å². The maximum Gasteiger partial charge on any atom is 0.310 e. The number of anilines is 1. The molecule has 0 fully saturated rings. The van der Waals surface area contributed by atoms with E-state index in [4.69, 9.17) is 21.1 Å². The monoisotopic (exact) mass is 575 g/mol. The van der Waals surface area contributed by atoms with Crippen LogP contribution in [0.15, 0.2) is 54.6 Å². The summed E-state index contributed by atoms with van der Waals surface area (Å²) in [5, 5.41) is 4.36. The Hall–Kier alpha value is -4.21. The molecule has 5 rings (SSSR count). The number of thiazole rings is 1. The lowest BCUT2D eigenvalue weighted by molar-refractivity contribution is -0.146. The number of benzene rings is 3. The molecule has 0 radical (unpaired) electrons. The molecule has 10 heteroatoms. The Morgan fingerprint density at radius 1 is 1.02 bits per heavy atom. The Labute approximate surface area is 239 Å². The van der Waals surface area contributed by atoms with Gasteiger partial charge in [-0.05, 0) is 86.0 Å². The Morgan fingerprint density at radius 2 is 1.77 bits per heavy atom. The van der Waals surface area contributed by atoms with E-state index in [1.54, 1.807) is 61.1 Å². The fraction of sp³-hybridized carbons (Fsp3) is 0.200. The van der Waals surface area contributed by atoms with Crippen LogP contribution < -0.4 is 10.1 Å². The van der Waals surface area contributed by atoms with Gasteiger partial charge in [0.2, 0.25) is 0 Å². The van der Waals surface area contributed by atoms with Crippen molar-refractivity contribution in [2.45, 2.75) is 27.2 Å². The van der Waals surface area contributed by atoms with Crippen molar-refractivity contribution in [3.8, 4) is 5.75 Å². The number of hydrogen-bond donors (Lipinski definition) is 1. The number of fused-ring (bicyclic) bond motifs is 2. The highest BCUT2D eigenvalue weighted by atomic mass is 35.5. The molecule has 0 aliphatic heterocycles. The van der Waals surface area contributed by atoms with E-state index in [2.05, 4.69) is 10.3 Å². The van der Waals surface area contributed by atoms with Crippen molar-refractivity contribution < 1.29 is 23.9 Å². The topological polar surface area (TPSA) is 99.5 Å². The second-order valence-corrected chi connectivity index (χ2v) is 10.9. The molecule has 0 atom stereocenters. The maximum absolute atomic E-state index is 13.5. The highest BCUT2D eigenvalue weighted by Gasteiger charge is 2.23.